The Bertz CT molecular complexity index is 516. The third-order valence-corrected chi connectivity index (χ3v) is 3.70. The maximum Gasteiger partial charge on any atom is 0.183 e. The van der Waals surface area contributed by atoms with E-state index < -0.39 is 5.82 Å². The lowest BCUT2D eigenvalue weighted by molar-refractivity contribution is 0.176. The van der Waals surface area contributed by atoms with Crippen LogP contribution in [0.2, 0.25) is 5.02 Å². The van der Waals surface area contributed by atoms with E-state index in [0.29, 0.717) is 0 Å². The first-order valence-corrected chi connectivity index (χ1v) is 6.75. The van der Waals surface area contributed by atoms with Crippen LogP contribution in [0.3, 0.4) is 0 Å². The van der Waals surface area contributed by atoms with Crippen molar-refractivity contribution in [2.45, 2.75) is 19.1 Å². The van der Waals surface area contributed by atoms with Crippen molar-refractivity contribution in [1.82, 2.24) is 0 Å². The number of thiophene rings is 1. The molecule has 2 aromatic rings. The number of nitrogens with two attached hydrogens (primary N) is 1. The highest BCUT2D eigenvalue weighted by Gasteiger charge is 2.21. The summed E-state index contributed by atoms with van der Waals surface area (Å²) in [5.74, 6) is -0.431. The van der Waals surface area contributed by atoms with Crippen molar-refractivity contribution in [3.05, 3.63) is 51.4 Å². The van der Waals surface area contributed by atoms with Gasteiger partial charge in [-0.1, -0.05) is 23.7 Å². The zero-order chi connectivity index (χ0) is 13.1. The van der Waals surface area contributed by atoms with Gasteiger partial charge in [0.05, 0.1) is 5.02 Å². The van der Waals surface area contributed by atoms with Gasteiger partial charge in [0.2, 0.25) is 0 Å². The summed E-state index contributed by atoms with van der Waals surface area (Å²) >= 11 is 7.25. The predicted molar refractivity (Wildman–Crippen MR) is 72.7 cm³/mol. The average molecular weight is 286 g/mol. The minimum absolute atomic E-state index is 0.0436. The minimum Gasteiger partial charge on any atom is -0.480 e. The van der Waals surface area contributed by atoms with Crippen LogP contribution in [0.5, 0.6) is 5.75 Å². The van der Waals surface area contributed by atoms with Crippen molar-refractivity contribution >= 4 is 22.9 Å². The van der Waals surface area contributed by atoms with Crippen molar-refractivity contribution in [3.8, 4) is 5.75 Å². The van der Waals surface area contributed by atoms with Gasteiger partial charge in [-0.05, 0) is 30.5 Å². The van der Waals surface area contributed by atoms with Gasteiger partial charge in [0.1, 0.15) is 6.10 Å². The van der Waals surface area contributed by atoms with Gasteiger partial charge in [0.15, 0.2) is 11.6 Å². The topological polar surface area (TPSA) is 35.2 Å². The fraction of sp³-hybridized carbons (Fsp3) is 0.231. The van der Waals surface area contributed by atoms with Crippen LogP contribution in [-0.2, 0) is 0 Å². The summed E-state index contributed by atoms with van der Waals surface area (Å²) in [4.78, 5) is 0.962. The molecule has 0 saturated heterocycles. The molecule has 0 amide bonds. The van der Waals surface area contributed by atoms with E-state index in [9.17, 15) is 4.39 Å². The van der Waals surface area contributed by atoms with Crippen molar-refractivity contribution in [2.75, 3.05) is 0 Å². The molecule has 96 valence electrons. The number of hydrogen-bond acceptors (Lipinski definition) is 3. The molecule has 0 fully saturated rings. The van der Waals surface area contributed by atoms with Gasteiger partial charge in [-0.2, -0.15) is 0 Å². The number of ether oxygens (including phenoxy) is 1. The Balaban J connectivity index is 2.27. The van der Waals surface area contributed by atoms with Crippen LogP contribution in [-0.4, -0.2) is 6.04 Å². The molecule has 0 aliphatic rings. The van der Waals surface area contributed by atoms with Gasteiger partial charge < -0.3 is 10.5 Å². The molecule has 2 nitrogen and oxygen atoms in total. The molecule has 0 spiro atoms. The van der Waals surface area contributed by atoms with Crippen LogP contribution in [0.1, 0.15) is 17.9 Å². The molecular formula is C13H13ClFNOS. The van der Waals surface area contributed by atoms with Gasteiger partial charge in [0.25, 0.3) is 0 Å². The Hall–Kier alpha value is -1.10. The van der Waals surface area contributed by atoms with Gasteiger partial charge in [-0.25, -0.2) is 4.39 Å². The monoisotopic (exact) mass is 285 g/mol. The quantitative estimate of drug-likeness (QED) is 0.921. The number of halogens is 2. The van der Waals surface area contributed by atoms with E-state index in [4.69, 9.17) is 22.1 Å². The molecular weight excluding hydrogens is 273 g/mol. The van der Waals surface area contributed by atoms with Crippen molar-refractivity contribution in [2.24, 2.45) is 5.73 Å². The lowest BCUT2D eigenvalue weighted by atomic mass is 10.1. The summed E-state index contributed by atoms with van der Waals surface area (Å²) in [5.41, 5.74) is 5.89. The zero-order valence-electron chi connectivity index (χ0n) is 9.77. The van der Waals surface area contributed by atoms with Crippen LogP contribution >= 0.6 is 22.9 Å². The van der Waals surface area contributed by atoms with E-state index in [2.05, 4.69) is 0 Å². The summed E-state index contributed by atoms with van der Waals surface area (Å²) in [6.07, 6.45) is -0.377. The SMILES string of the molecule is CC(N)C(Oc1cccc(Cl)c1F)c1cccs1. The standard InChI is InChI=1S/C13H13ClFNOS/c1-8(16)13(11-6-3-7-18-11)17-10-5-2-4-9(14)12(10)15/h2-8,13H,16H2,1H3. The molecule has 2 N–H and O–H groups in total. The van der Waals surface area contributed by atoms with Crippen molar-refractivity contribution in [1.29, 1.82) is 0 Å². The molecule has 0 saturated carbocycles. The van der Waals surface area contributed by atoms with Gasteiger partial charge in [0, 0.05) is 10.9 Å². The van der Waals surface area contributed by atoms with E-state index in [-0.39, 0.29) is 22.9 Å². The third kappa shape index (κ3) is 2.83. The van der Waals surface area contributed by atoms with Crippen molar-refractivity contribution < 1.29 is 9.13 Å². The molecule has 0 aliphatic carbocycles. The molecule has 2 rings (SSSR count). The Morgan fingerprint density at radius 3 is 2.72 bits per heavy atom. The molecule has 0 bridgehead atoms. The van der Waals surface area contributed by atoms with Crippen molar-refractivity contribution in [3.63, 3.8) is 0 Å². The highest BCUT2D eigenvalue weighted by atomic mass is 35.5. The number of hydrogen-bond donors (Lipinski definition) is 1. The molecule has 1 heterocycles. The highest BCUT2D eigenvalue weighted by Crippen LogP contribution is 2.31. The normalized spacial score (nSPS) is 14.2. The fourth-order valence-corrected chi connectivity index (χ4v) is 2.62. The molecule has 2 atom stereocenters. The zero-order valence-corrected chi connectivity index (χ0v) is 11.3. The van der Waals surface area contributed by atoms with Gasteiger partial charge in [-0.3, -0.25) is 0 Å². The lowest BCUT2D eigenvalue weighted by Crippen LogP contribution is -2.28. The van der Waals surface area contributed by atoms with E-state index in [0.717, 1.165) is 4.88 Å². The van der Waals surface area contributed by atoms with Crippen LogP contribution in [0.4, 0.5) is 4.39 Å². The summed E-state index contributed by atoms with van der Waals surface area (Å²) in [6, 6.07) is 8.25. The first-order valence-electron chi connectivity index (χ1n) is 5.49. The van der Waals surface area contributed by atoms with E-state index in [1.54, 1.807) is 12.1 Å². The second kappa shape index (κ2) is 5.69. The second-order valence-corrected chi connectivity index (χ2v) is 5.35. The molecule has 2 unspecified atom stereocenters. The third-order valence-electron chi connectivity index (χ3n) is 2.47. The van der Waals surface area contributed by atoms with E-state index in [1.165, 1.54) is 17.4 Å². The second-order valence-electron chi connectivity index (χ2n) is 3.96. The minimum atomic E-state index is -0.554. The molecule has 0 aliphatic heterocycles. The summed E-state index contributed by atoms with van der Waals surface area (Å²) in [6.45, 7) is 1.83. The summed E-state index contributed by atoms with van der Waals surface area (Å²) in [5, 5.41) is 1.98. The van der Waals surface area contributed by atoms with Gasteiger partial charge >= 0.3 is 0 Å². The largest absolute Gasteiger partial charge is 0.480 e. The summed E-state index contributed by atoms with van der Waals surface area (Å²) in [7, 11) is 0. The molecule has 0 radical (unpaired) electrons. The predicted octanol–water partition coefficient (Wildman–Crippen LogP) is 4.01. The number of benzene rings is 1. The smallest absolute Gasteiger partial charge is 0.183 e. The van der Waals surface area contributed by atoms with E-state index >= 15 is 0 Å². The van der Waals surface area contributed by atoms with Crippen LogP contribution in [0.25, 0.3) is 0 Å². The first-order chi connectivity index (χ1) is 8.59. The Morgan fingerprint density at radius 1 is 1.33 bits per heavy atom. The molecule has 1 aromatic heterocycles. The molecule has 1 aromatic carbocycles. The Labute approximate surface area is 114 Å². The maximum atomic E-state index is 13.8. The molecule has 5 heteroatoms. The maximum absolute atomic E-state index is 13.8. The van der Waals surface area contributed by atoms with E-state index in [1.807, 2.05) is 24.4 Å². The Kier molecular flexibility index (Phi) is 4.22. The molecule has 18 heavy (non-hydrogen) atoms. The van der Waals surface area contributed by atoms with Crippen LogP contribution in [0.15, 0.2) is 35.7 Å². The fourth-order valence-electron chi connectivity index (χ4n) is 1.59. The first kappa shape index (κ1) is 13.3. The Morgan fingerprint density at radius 2 is 2.11 bits per heavy atom. The van der Waals surface area contributed by atoms with Crippen LogP contribution < -0.4 is 10.5 Å². The lowest BCUT2D eigenvalue weighted by Gasteiger charge is -2.21. The highest BCUT2D eigenvalue weighted by molar-refractivity contribution is 7.10. The van der Waals surface area contributed by atoms with Crippen LogP contribution in [0, 0.1) is 5.82 Å². The van der Waals surface area contributed by atoms with Gasteiger partial charge in [-0.15, -0.1) is 11.3 Å². The number of rotatable bonds is 4. The summed E-state index contributed by atoms with van der Waals surface area (Å²) < 4.78 is 19.4. The average Bonchev–Trinajstić information content (AvgIpc) is 2.84.